The van der Waals surface area contributed by atoms with Crippen LogP contribution in [-0.4, -0.2) is 6.29 Å². The molecule has 1 aliphatic rings. The molecule has 3 aromatic rings. The Bertz CT molecular complexity index is 955. The van der Waals surface area contributed by atoms with Gasteiger partial charge in [0.15, 0.2) is 6.29 Å². The summed E-state index contributed by atoms with van der Waals surface area (Å²) in [7, 11) is 0. The lowest BCUT2D eigenvalue weighted by molar-refractivity contribution is -0.105. The Morgan fingerprint density at radius 1 is 0.800 bits per heavy atom. The maximum atomic E-state index is 12.1. The minimum absolute atomic E-state index is 0.126. The molecule has 0 spiro atoms. The molecule has 2 heteroatoms. The van der Waals surface area contributed by atoms with Gasteiger partial charge in [-0.05, 0) is 24.1 Å². The number of rotatable bonds is 3. The first kappa shape index (κ1) is 15.4. The molecule has 2 nitrogen and oxygen atoms in total. The topological polar surface area (TPSA) is 26.3 Å². The highest BCUT2D eigenvalue weighted by Crippen LogP contribution is 2.45. The number of hydrogen-bond acceptors (Lipinski definition) is 2. The van der Waals surface area contributed by atoms with E-state index in [1.165, 1.54) is 0 Å². The van der Waals surface area contributed by atoms with Crippen molar-refractivity contribution in [1.82, 2.24) is 0 Å². The summed E-state index contributed by atoms with van der Waals surface area (Å²) in [6.07, 6.45) is 0.940. The van der Waals surface area contributed by atoms with Gasteiger partial charge in [0.1, 0.15) is 11.5 Å². The normalized spacial score (nSPS) is 16.1. The van der Waals surface area contributed by atoms with Crippen LogP contribution in [0, 0.1) is 6.92 Å². The van der Waals surface area contributed by atoms with Gasteiger partial charge in [-0.3, -0.25) is 4.79 Å². The molecule has 0 saturated carbocycles. The first-order valence-electron chi connectivity index (χ1n) is 8.36. The highest BCUT2D eigenvalue weighted by Gasteiger charge is 2.31. The van der Waals surface area contributed by atoms with E-state index in [2.05, 4.69) is 19.1 Å². The van der Waals surface area contributed by atoms with Crippen LogP contribution in [0.25, 0.3) is 5.76 Å². The van der Waals surface area contributed by atoms with Gasteiger partial charge in [-0.1, -0.05) is 72.8 Å². The second-order valence-electron chi connectivity index (χ2n) is 6.20. The van der Waals surface area contributed by atoms with E-state index in [4.69, 9.17) is 4.74 Å². The Morgan fingerprint density at radius 3 is 2.16 bits per heavy atom. The maximum Gasteiger partial charge on any atom is 0.150 e. The van der Waals surface area contributed by atoms with Crippen molar-refractivity contribution in [1.29, 1.82) is 0 Å². The van der Waals surface area contributed by atoms with Crippen LogP contribution < -0.4 is 4.74 Å². The third-order valence-corrected chi connectivity index (χ3v) is 4.68. The van der Waals surface area contributed by atoms with Gasteiger partial charge in [0.2, 0.25) is 0 Å². The summed E-state index contributed by atoms with van der Waals surface area (Å²) in [4.78, 5) is 12.1. The molecule has 0 saturated heterocycles. The molecule has 0 amide bonds. The highest BCUT2D eigenvalue weighted by molar-refractivity contribution is 5.91. The Hall–Kier alpha value is -3.13. The van der Waals surface area contributed by atoms with Crippen molar-refractivity contribution >= 4 is 12.0 Å². The number of fused-ring (bicyclic) bond motifs is 1. The zero-order valence-corrected chi connectivity index (χ0v) is 14.0. The van der Waals surface area contributed by atoms with Crippen molar-refractivity contribution in [2.45, 2.75) is 12.8 Å². The van der Waals surface area contributed by atoms with E-state index >= 15 is 0 Å². The molecule has 1 aliphatic heterocycles. The van der Waals surface area contributed by atoms with Gasteiger partial charge in [0.05, 0.1) is 0 Å². The maximum absolute atomic E-state index is 12.1. The monoisotopic (exact) mass is 326 g/mol. The van der Waals surface area contributed by atoms with Gasteiger partial charge >= 0.3 is 0 Å². The van der Waals surface area contributed by atoms with Gasteiger partial charge in [-0.25, -0.2) is 0 Å². The number of para-hydroxylation sites is 1. The van der Waals surface area contributed by atoms with Crippen LogP contribution in [0.3, 0.4) is 0 Å². The van der Waals surface area contributed by atoms with Gasteiger partial charge in [-0.15, -0.1) is 0 Å². The number of ether oxygens (including phenoxy) is 1. The van der Waals surface area contributed by atoms with E-state index in [9.17, 15) is 4.79 Å². The van der Waals surface area contributed by atoms with Gasteiger partial charge in [0, 0.05) is 22.6 Å². The molecule has 4 rings (SSSR count). The van der Waals surface area contributed by atoms with Gasteiger partial charge in [0.25, 0.3) is 0 Å². The first-order valence-corrected chi connectivity index (χ1v) is 8.36. The molecule has 0 bridgehead atoms. The Labute approximate surface area is 147 Å². The third-order valence-electron chi connectivity index (χ3n) is 4.68. The zero-order valence-electron chi connectivity index (χ0n) is 14.0. The molecule has 0 aromatic heterocycles. The lowest BCUT2D eigenvalue weighted by atomic mass is 9.80. The lowest BCUT2D eigenvalue weighted by Gasteiger charge is -2.29. The molecule has 0 radical (unpaired) electrons. The van der Waals surface area contributed by atoms with Crippen molar-refractivity contribution in [3.8, 4) is 5.75 Å². The molecular weight excluding hydrogens is 308 g/mol. The summed E-state index contributed by atoms with van der Waals surface area (Å²) in [5.74, 6) is 1.32. The smallest absolute Gasteiger partial charge is 0.150 e. The third kappa shape index (κ3) is 2.66. The van der Waals surface area contributed by atoms with Crippen LogP contribution in [-0.2, 0) is 4.79 Å². The van der Waals surface area contributed by atoms with Crippen LogP contribution in [0.2, 0.25) is 0 Å². The molecule has 0 aliphatic carbocycles. The van der Waals surface area contributed by atoms with E-state index in [-0.39, 0.29) is 5.92 Å². The largest absolute Gasteiger partial charge is 0.456 e. The summed E-state index contributed by atoms with van der Waals surface area (Å²) in [6.45, 7) is 2.08. The second kappa shape index (κ2) is 6.40. The Balaban J connectivity index is 2.00. The number of aldehydes is 1. The average Bonchev–Trinajstić information content (AvgIpc) is 2.68. The summed E-state index contributed by atoms with van der Waals surface area (Å²) in [5.41, 5.74) is 4.90. The first-order chi connectivity index (χ1) is 12.3. The minimum Gasteiger partial charge on any atom is -0.456 e. The fourth-order valence-corrected chi connectivity index (χ4v) is 3.46. The SMILES string of the molecule is Cc1ccccc1[C@H]1C(C=O)=C(c2ccccc2)Oc2ccccc21. The number of carbonyl (C=O) groups excluding carboxylic acids is 1. The van der Waals surface area contributed by atoms with Crippen molar-refractivity contribution in [2.24, 2.45) is 0 Å². The van der Waals surface area contributed by atoms with Crippen LogP contribution >= 0.6 is 0 Å². The summed E-state index contributed by atoms with van der Waals surface area (Å²) >= 11 is 0. The van der Waals surface area contributed by atoms with Crippen molar-refractivity contribution < 1.29 is 9.53 Å². The molecule has 0 fully saturated rings. The summed E-state index contributed by atoms with van der Waals surface area (Å²) in [6, 6.07) is 26.0. The number of hydrogen-bond donors (Lipinski definition) is 0. The molecule has 1 heterocycles. The predicted octanol–water partition coefficient (Wildman–Crippen LogP) is 5.13. The van der Waals surface area contributed by atoms with E-state index in [0.29, 0.717) is 11.3 Å². The minimum atomic E-state index is -0.126. The van der Waals surface area contributed by atoms with Crippen molar-refractivity contribution in [2.75, 3.05) is 0 Å². The van der Waals surface area contributed by atoms with Crippen molar-refractivity contribution in [3.63, 3.8) is 0 Å². The Kier molecular flexibility index (Phi) is 3.95. The number of allylic oxidation sites excluding steroid dienone is 1. The molecule has 122 valence electrons. The second-order valence-corrected chi connectivity index (χ2v) is 6.20. The Morgan fingerprint density at radius 2 is 1.44 bits per heavy atom. The van der Waals surface area contributed by atoms with Crippen LogP contribution in [0.1, 0.15) is 28.2 Å². The van der Waals surface area contributed by atoms with Crippen LogP contribution in [0.5, 0.6) is 5.75 Å². The molecule has 3 aromatic carbocycles. The van der Waals surface area contributed by atoms with E-state index in [1.807, 2.05) is 66.7 Å². The van der Waals surface area contributed by atoms with E-state index < -0.39 is 0 Å². The average molecular weight is 326 g/mol. The standard InChI is InChI=1S/C23H18O2/c1-16-9-5-6-12-18(16)22-19-13-7-8-14-21(19)25-23(20(22)15-24)17-10-3-2-4-11-17/h2-15,22H,1H3/t22-/m1/s1. The number of aryl methyl sites for hydroxylation is 1. The fourth-order valence-electron chi connectivity index (χ4n) is 3.46. The summed E-state index contributed by atoms with van der Waals surface area (Å²) in [5, 5.41) is 0. The number of benzene rings is 3. The fraction of sp³-hybridized carbons (Fsp3) is 0.0870. The molecule has 25 heavy (non-hydrogen) atoms. The van der Waals surface area contributed by atoms with Crippen molar-refractivity contribution in [3.05, 3.63) is 107 Å². The molecule has 1 atom stereocenters. The number of carbonyl (C=O) groups is 1. The van der Waals surface area contributed by atoms with Crippen LogP contribution in [0.4, 0.5) is 0 Å². The predicted molar refractivity (Wildman–Crippen MR) is 99.5 cm³/mol. The van der Waals surface area contributed by atoms with E-state index in [0.717, 1.165) is 34.3 Å². The highest BCUT2D eigenvalue weighted by atomic mass is 16.5. The molecule has 0 N–H and O–H groups in total. The van der Waals surface area contributed by atoms with Gasteiger partial charge < -0.3 is 4.74 Å². The zero-order chi connectivity index (χ0) is 17.2. The lowest BCUT2D eigenvalue weighted by Crippen LogP contribution is -2.18. The van der Waals surface area contributed by atoms with E-state index in [1.54, 1.807) is 0 Å². The molecule has 0 unspecified atom stereocenters. The van der Waals surface area contributed by atoms with Crippen LogP contribution in [0.15, 0.2) is 84.4 Å². The quantitative estimate of drug-likeness (QED) is 0.624. The summed E-state index contributed by atoms with van der Waals surface area (Å²) < 4.78 is 6.16. The molecular formula is C23H18O2. The van der Waals surface area contributed by atoms with Gasteiger partial charge in [-0.2, -0.15) is 0 Å².